The molecule has 19 nitrogen and oxygen atoms in total. The number of para-hydroxylation sites is 2. The van der Waals surface area contributed by atoms with Crippen molar-refractivity contribution in [2.45, 2.75) is 120 Å². The summed E-state index contributed by atoms with van der Waals surface area (Å²) in [7, 11) is 3.18. The third-order valence-electron chi connectivity index (χ3n) is 16.9. The molecule has 1 aliphatic carbocycles. The lowest BCUT2D eigenvalue weighted by Gasteiger charge is -2.40. The second-order valence-electron chi connectivity index (χ2n) is 24.0. The molecule has 2 unspecified atom stereocenters. The van der Waals surface area contributed by atoms with E-state index >= 15 is 0 Å². The van der Waals surface area contributed by atoms with Gasteiger partial charge in [-0.15, -0.1) is 0 Å². The average Bonchev–Trinajstić information content (AvgIpc) is 2.25. The van der Waals surface area contributed by atoms with Gasteiger partial charge in [-0.25, -0.2) is 0 Å². The molecule has 0 radical (unpaired) electrons. The summed E-state index contributed by atoms with van der Waals surface area (Å²) in [5, 5.41) is 16.5. The molecule has 10 rings (SSSR count). The summed E-state index contributed by atoms with van der Waals surface area (Å²) in [6.45, 7) is 11.3. The lowest BCUT2D eigenvalue weighted by Crippen LogP contribution is -2.56. The summed E-state index contributed by atoms with van der Waals surface area (Å²) in [5.74, 6) is 1.81. The number of hydrogen-bond donors (Lipinski definition) is 4. The number of allylic oxidation sites excluding steroid dienone is 1. The van der Waals surface area contributed by atoms with Gasteiger partial charge in [-0.05, 0) is 118 Å². The highest BCUT2D eigenvalue weighted by molar-refractivity contribution is 8.77. The van der Waals surface area contributed by atoms with E-state index in [0.29, 0.717) is 110 Å². The van der Waals surface area contributed by atoms with Gasteiger partial charge >= 0.3 is 0 Å². The highest BCUT2D eigenvalue weighted by Gasteiger charge is 2.40. The Morgan fingerprint density at radius 3 is 2.11 bits per heavy atom. The Morgan fingerprint density at radius 2 is 1.42 bits per heavy atom. The Kier molecular flexibility index (Phi) is 21.0. The fraction of sp³-hybridized carbons (Fsp3) is 0.470. The van der Waals surface area contributed by atoms with Gasteiger partial charge in [-0.2, -0.15) is 8.42 Å². The van der Waals surface area contributed by atoms with Crippen LogP contribution in [0, 0.1) is 5.92 Å². The van der Waals surface area contributed by atoms with Gasteiger partial charge in [0.25, 0.3) is 21.9 Å². The maximum absolute atomic E-state index is 14.3. The quantitative estimate of drug-likeness (QED) is 0.0145. The predicted molar refractivity (Wildman–Crippen MR) is 348 cm³/mol. The van der Waals surface area contributed by atoms with Crippen molar-refractivity contribution < 1.29 is 60.8 Å². The first-order valence-electron chi connectivity index (χ1n) is 30.1. The molecular formula is C66H82N6O13S3. The number of ether oxygens (including phenoxy) is 7. The molecule has 0 bridgehead atoms. The van der Waals surface area contributed by atoms with Crippen LogP contribution in [0.15, 0.2) is 108 Å². The molecule has 5 aliphatic rings. The highest BCUT2D eigenvalue weighted by atomic mass is 33.1. The number of aliphatic imine (C=N–C) groups is 1. The van der Waals surface area contributed by atoms with Crippen LogP contribution in [0.5, 0.6) is 23.0 Å². The molecule has 5 aromatic carbocycles. The molecule has 2 amide bonds. The number of carbonyl (C=O) groups excluding carboxylic acids is 2. The third-order valence-corrected chi connectivity index (χ3v) is 21.4. The van der Waals surface area contributed by atoms with Crippen LogP contribution in [0.3, 0.4) is 0 Å². The SMILES string of the molecule is COCCOCCOCCN(CC(C)(C)SSCCC(C(O)NC(C)(C)C1CCCCC1)S(=O)(=O)O)c1cc(COc2cc3c(cc2OC)C(=O)N2c4ccccc4C[C@H]2C=N3)cc(COc2cc3c(cc2OC)C(=O)N2C(=CN3)Cc3ccccc32)c1. The van der Waals surface area contributed by atoms with E-state index in [1.54, 1.807) is 66.2 Å². The van der Waals surface area contributed by atoms with Gasteiger partial charge in [-0.3, -0.25) is 34.3 Å². The molecule has 0 saturated heterocycles. The number of aliphatic hydroxyl groups is 1. The molecule has 0 spiro atoms. The number of hydrogen-bond acceptors (Lipinski definition) is 18. The van der Waals surface area contributed by atoms with E-state index in [1.807, 2.05) is 80.9 Å². The van der Waals surface area contributed by atoms with E-state index in [4.69, 9.17) is 38.2 Å². The summed E-state index contributed by atoms with van der Waals surface area (Å²) in [4.78, 5) is 39.2. The van der Waals surface area contributed by atoms with Crippen LogP contribution in [-0.4, -0.2) is 137 Å². The number of rotatable bonds is 30. The van der Waals surface area contributed by atoms with Crippen molar-refractivity contribution in [3.63, 3.8) is 0 Å². The Bertz CT molecular complexity index is 3480. The fourth-order valence-corrected chi connectivity index (χ4v) is 15.9. The Balaban J connectivity index is 0.918. The summed E-state index contributed by atoms with van der Waals surface area (Å²) in [6, 6.07) is 28.6. The van der Waals surface area contributed by atoms with Crippen LogP contribution in [0.2, 0.25) is 0 Å². The van der Waals surface area contributed by atoms with Crippen molar-refractivity contribution in [2.75, 3.05) is 93.2 Å². The van der Waals surface area contributed by atoms with Crippen molar-refractivity contribution in [1.29, 1.82) is 0 Å². The number of carbonyl (C=O) groups is 2. The number of methoxy groups -OCH3 is 3. The van der Waals surface area contributed by atoms with E-state index in [9.17, 15) is 27.7 Å². The number of fused-ring (bicyclic) bond motifs is 8. The van der Waals surface area contributed by atoms with Gasteiger partial charge in [0.15, 0.2) is 23.0 Å². The molecule has 472 valence electrons. The van der Waals surface area contributed by atoms with Crippen molar-refractivity contribution in [1.82, 2.24) is 5.32 Å². The largest absolute Gasteiger partial charge is 0.493 e. The highest BCUT2D eigenvalue weighted by Crippen LogP contribution is 2.45. The number of aliphatic hydroxyl groups excluding tert-OH is 1. The normalized spacial score (nSPS) is 17.1. The molecule has 5 aromatic rings. The van der Waals surface area contributed by atoms with E-state index in [2.05, 4.69) is 41.5 Å². The lowest BCUT2D eigenvalue weighted by atomic mass is 9.76. The summed E-state index contributed by atoms with van der Waals surface area (Å²) in [5.41, 5.74) is 8.44. The van der Waals surface area contributed by atoms with Gasteiger partial charge in [0, 0.05) is 90.7 Å². The van der Waals surface area contributed by atoms with Crippen LogP contribution in [0.25, 0.3) is 0 Å². The lowest BCUT2D eigenvalue weighted by molar-refractivity contribution is 0.0264. The molecule has 22 heteroatoms. The molecule has 1 saturated carbocycles. The smallest absolute Gasteiger partial charge is 0.271 e. The fourth-order valence-electron chi connectivity index (χ4n) is 12.4. The van der Waals surface area contributed by atoms with E-state index in [1.165, 1.54) is 10.8 Å². The second kappa shape index (κ2) is 28.7. The Hall–Kier alpha value is -6.34. The maximum atomic E-state index is 14.3. The minimum atomic E-state index is -4.61. The van der Waals surface area contributed by atoms with Crippen molar-refractivity contribution >= 4 is 78.2 Å². The second-order valence-corrected chi connectivity index (χ2v) is 28.8. The van der Waals surface area contributed by atoms with Gasteiger partial charge < -0.3 is 48.5 Å². The van der Waals surface area contributed by atoms with Crippen molar-refractivity contribution in [3.05, 3.63) is 136 Å². The summed E-state index contributed by atoms with van der Waals surface area (Å²) in [6.07, 6.45) is 8.85. The van der Waals surface area contributed by atoms with Gasteiger partial charge in [0.05, 0.1) is 81.5 Å². The zero-order valence-electron chi connectivity index (χ0n) is 51.3. The van der Waals surface area contributed by atoms with Crippen molar-refractivity contribution in [3.8, 4) is 23.0 Å². The molecular weight excluding hydrogens is 1180 g/mol. The van der Waals surface area contributed by atoms with Gasteiger partial charge in [0.2, 0.25) is 0 Å². The molecule has 0 aromatic heterocycles. The first-order valence-corrected chi connectivity index (χ1v) is 33.9. The molecule has 3 atom stereocenters. The zero-order valence-corrected chi connectivity index (χ0v) is 53.7. The standard InChI is InChI=1S/C66H82N6O13S3/c1-65(2,87-86-28-21-61(88(76,77)78)62(73)69-66(3,4)47-17-9-8-10-18-47)42-70(22-23-82-26-27-83-25-24-79-5)48-30-43(40-84-59-36-53-51(34-57(59)80-6)63(74)71-49(38-67-53)32-45-15-11-13-19-55(45)71)29-44(31-48)41-85-60-37-54-52(35-58(60)81-7)64(75)72-50(39-68-54)33-46-16-12-14-20-56(46)72/h11-16,19-20,29-31,34-39,47,49,61-62,68-69,73H,8-10,17-18,21-28,32-33,40-42H2,1-7H3,(H,76,77,78)/t49-,61?,62?/m0/s1. The zero-order chi connectivity index (χ0) is 62.2. The van der Waals surface area contributed by atoms with Crippen LogP contribution in [0.1, 0.15) is 109 Å². The van der Waals surface area contributed by atoms with Crippen molar-refractivity contribution in [2.24, 2.45) is 10.9 Å². The van der Waals surface area contributed by atoms with Crippen LogP contribution in [-0.2, 0) is 50.4 Å². The minimum absolute atomic E-state index is 0.0220. The molecule has 1 fully saturated rings. The summed E-state index contributed by atoms with van der Waals surface area (Å²) >= 11 is 0. The van der Waals surface area contributed by atoms with E-state index < -0.39 is 31.9 Å². The van der Waals surface area contributed by atoms with Crippen LogP contribution in [0.4, 0.5) is 28.4 Å². The first kappa shape index (κ1) is 64.6. The number of anilines is 4. The topological polar surface area (TPSA) is 219 Å². The van der Waals surface area contributed by atoms with Gasteiger partial charge in [-0.1, -0.05) is 77.2 Å². The number of benzene rings is 5. The monoisotopic (exact) mass is 1260 g/mol. The maximum Gasteiger partial charge on any atom is 0.271 e. The molecule has 4 aliphatic heterocycles. The predicted octanol–water partition coefficient (Wildman–Crippen LogP) is 11.2. The number of nitrogens with one attached hydrogen (secondary N) is 2. The third kappa shape index (κ3) is 15.3. The first-order chi connectivity index (χ1) is 42.3. The Labute approximate surface area is 525 Å². The molecule has 88 heavy (non-hydrogen) atoms. The number of amides is 2. The van der Waals surface area contributed by atoms with E-state index in [-0.39, 0.29) is 43.4 Å². The summed E-state index contributed by atoms with van der Waals surface area (Å²) < 4.78 is 77.9. The Morgan fingerprint density at radius 1 is 0.773 bits per heavy atom. The van der Waals surface area contributed by atoms with Gasteiger partial charge in [0.1, 0.15) is 24.7 Å². The van der Waals surface area contributed by atoms with Crippen LogP contribution < -0.4 is 44.3 Å². The van der Waals surface area contributed by atoms with E-state index in [0.717, 1.165) is 77.1 Å². The molecule has 4 heterocycles. The van der Waals surface area contributed by atoms with Crippen LogP contribution >= 0.6 is 21.6 Å². The number of nitrogens with zero attached hydrogens (tertiary/aromatic N) is 4. The average molecular weight is 1260 g/mol. The minimum Gasteiger partial charge on any atom is -0.493 e. The molecule has 4 N–H and O–H groups in total.